The van der Waals surface area contributed by atoms with Crippen molar-refractivity contribution in [1.82, 2.24) is 10.6 Å². The van der Waals surface area contributed by atoms with Crippen LogP contribution in [0.15, 0.2) is 0 Å². The van der Waals surface area contributed by atoms with Crippen LogP contribution in [-0.4, -0.2) is 43.5 Å². The fourth-order valence-electron chi connectivity index (χ4n) is 2.99. The molecule has 0 aromatic rings. The van der Waals surface area contributed by atoms with Crippen molar-refractivity contribution in [3.63, 3.8) is 0 Å². The van der Waals surface area contributed by atoms with E-state index in [0.29, 0.717) is 12.6 Å². The second-order valence-electron chi connectivity index (χ2n) is 7.20. The number of nitrogens with one attached hydrogen (secondary N) is 2. The highest BCUT2D eigenvalue weighted by Gasteiger charge is 2.27. The van der Waals surface area contributed by atoms with E-state index in [1.54, 1.807) is 7.11 Å². The van der Waals surface area contributed by atoms with Gasteiger partial charge in [0.15, 0.2) is 0 Å². The van der Waals surface area contributed by atoms with Crippen molar-refractivity contribution in [2.24, 2.45) is 0 Å². The molecule has 3 unspecified atom stereocenters. The van der Waals surface area contributed by atoms with Gasteiger partial charge >= 0.3 is 6.09 Å². The van der Waals surface area contributed by atoms with Crippen LogP contribution < -0.4 is 10.6 Å². The van der Waals surface area contributed by atoms with E-state index in [4.69, 9.17) is 9.47 Å². The fraction of sp³-hybridized carbons (Fsp3) is 0.941. The van der Waals surface area contributed by atoms with Gasteiger partial charge in [-0.05, 0) is 40.0 Å². The summed E-state index contributed by atoms with van der Waals surface area (Å²) in [5, 5.41) is 6.56. The lowest BCUT2D eigenvalue weighted by molar-refractivity contribution is 0.0359. The summed E-state index contributed by atoms with van der Waals surface area (Å²) in [6.07, 6.45) is 6.80. The maximum absolute atomic E-state index is 11.8. The van der Waals surface area contributed by atoms with E-state index in [9.17, 15) is 4.79 Å². The Morgan fingerprint density at radius 3 is 2.55 bits per heavy atom. The van der Waals surface area contributed by atoms with Gasteiger partial charge in [-0.3, -0.25) is 0 Å². The molecule has 0 saturated heterocycles. The summed E-state index contributed by atoms with van der Waals surface area (Å²) in [6, 6.07) is 0.647. The monoisotopic (exact) mass is 314 g/mol. The summed E-state index contributed by atoms with van der Waals surface area (Å²) in [5.41, 5.74) is -0.456. The molecule has 1 aliphatic carbocycles. The van der Waals surface area contributed by atoms with Gasteiger partial charge in [-0.2, -0.15) is 0 Å². The second kappa shape index (κ2) is 9.36. The molecule has 5 nitrogen and oxygen atoms in total. The number of alkyl carbamates (subject to hydrolysis) is 1. The van der Waals surface area contributed by atoms with Gasteiger partial charge in [-0.25, -0.2) is 4.79 Å². The first kappa shape index (κ1) is 19.2. The number of hydrogen-bond acceptors (Lipinski definition) is 4. The average molecular weight is 314 g/mol. The van der Waals surface area contributed by atoms with Crippen molar-refractivity contribution >= 4 is 6.09 Å². The zero-order chi connectivity index (χ0) is 16.6. The van der Waals surface area contributed by atoms with Gasteiger partial charge in [0.1, 0.15) is 5.60 Å². The Morgan fingerprint density at radius 1 is 1.27 bits per heavy atom. The standard InChI is InChI=1S/C17H34N2O3/c1-6-9-13(12-18-16(20)22-17(2,3)4)19-14-10-7-8-11-15(14)21-5/h13-15,19H,6-12H2,1-5H3,(H,18,20). The van der Waals surface area contributed by atoms with Crippen LogP contribution >= 0.6 is 0 Å². The zero-order valence-electron chi connectivity index (χ0n) is 14.9. The number of carbonyl (C=O) groups excluding carboxylic acids is 1. The van der Waals surface area contributed by atoms with Crippen LogP contribution in [0.4, 0.5) is 4.79 Å². The molecule has 3 atom stereocenters. The van der Waals surface area contributed by atoms with Crippen molar-refractivity contribution in [3.05, 3.63) is 0 Å². The minimum atomic E-state index is -0.456. The number of amides is 1. The molecule has 0 aliphatic heterocycles. The number of ether oxygens (including phenoxy) is 2. The average Bonchev–Trinajstić information content (AvgIpc) is 2.44. The summed E-state index contributed by atoms with van der Waals surface area (Å²) in [4.78, 5) is 11.8. The van der Waals surface area contributed by atoms with Crippen LogP contribution in [-0.2, 0) is 9.47 Å². The molecule has 1 aliphatic rings. The van der Waals surface area contributed by atoms with E-state index in [2.05, 4.69) is 17.6 Å². The lowest BCUT2D eigenvalue weighted by Crippen LogP contribution is -2.51. The summed E-state index contributed by atoms with van der Waals surface area (Å²) in [5.74, 6) is 0. The summed E-state index contributed by atoms with van der Waals surface area (Å²) in [6.45, 7) is 8.38. The van der Waals surface area contributed by atoms with Crippen molar-refractivity contribution < 1.29 is 14.3 Å². The maximum Gasteiger partial charge on any atom is 0.407 e. The maximum atomic E-state index is 11.8. The van der Waals surface area contributed by atoms with Crippen LogP contribution in [0.5, 0.6) is 0 Å². The van der Waals surface area contributed by atoms with Crippen molar-refractivity contribution in [3.8, 4) is 0 Å². The van der Waals surface area contributed by atoms with E-state index in [1.807, 2.05) is 20.8 Å². The molecule has 1 saturated carbocycles. The third-order valence-corrected chi connectivity index (χ3v) is 3.98. The smallest absolute Gasteiger partial charge is 0.407 e. The SMILES string of the molecule is CCCC(CNC(=O)OC(C)(C)C)NC1CCCCC1OC. The number of hydrogen-bond donors (Lipinski definition) is 2. The predicted octanol–water partition coefficient (Wildman–Crippen LogP) is 3.23. The van der Waals surface area contributed by atoms with Crippen LogP contribution in [0.25, 0.3) is 0 Å². The Bertz CT molecular complexity index is 328. The third-order valence-electron chi connectivity index (χ3n) is 3.98. The van der Waals surface area contributed by atoms with Crippen molar-refractivity contribution in [1.29, 1.82) is 0 Å². The number of rotatable bonds is 7. The number of carbonyl (C=O) groups is 1. The van der Waals surface area contributed by atoms with Crippen LogP contribution in [0, 0.1) is 0 Å². The van der Waals surface area contributed by atoms with Gasteiger partial charge in [-0.15, -0.1) is 0 Å². The highest BCUT2D eigenvalue weighted by molar-refractivity contribution is 5.67. The molecule has 130 valence electrons. The molecular formula is C17H34N2O3. The van der Waals surface area contributed by atoms with Gasteiger partial charge in [0, 0.05) is 25.7 Å². The van der Waals surface area contributed by atoms with E-state index < -0.39 is 5.60 Å². The normalized spacial score (nSPS) is 23.9. The molecule has 1 rings (SSSR count). The largest absolute Gasteiger partial charge is 0.444 e. The Balaban J connectivity index is 2.45. The third kappa shape index (κ3) is 7.45. The molecule has 0 bridgehead atoms. The Kier molecular flexibility index (Phi) is 8.18. The van der Waals surface area contributed by atoms with Gasteiger partial charge in [0.05, 0.1) is 6.10 Å². The molecule has 1 fully saturated rings. The molecule has 22 heavy (non-hydrogen) atoms. The highest BCUT2D eigenvalue weighted by Crippen LogP contribution is 2.21. The molecule has 1 amide bonds. The first-order valence-corrected chi connectivity index (χ1v) is 8.61. The van der Waals surface area contributed by atoms with Crippen molar-refractivity contribution in [2.75, 3.05) is 13.7 Å². The lowest BCUT2D eigenvalue weighted by Gasteiger charge is -2.34. The van der Waals surface area contributed by atoms with E-state index in [-0.39, 0.29) is 18.2 Å². The van der Waals surface area contributed by atoms with Gasteiger partial charge < -0.3 is 20.1 Å². The topological polar surface area (TPSA) is 59.6 Å². The molecular weight excluding hydrogens is 280 g/mol. The second-order valence-corrected chi connectivity index (χ2v) is 7.20. The van der Waals surface area contributed by atoms with Crippen LogP contribution in [0.1, 0.15) is 66.2 Å². The quantitative estimate of drug-likeness (QED) is 0.757. The van der Waals surface area contributed by atoms with E-state index >= 15 is 0 Å². The first-order chi connectivity index (χ1) is 10.4. The Morgan fingerprint density at radius 2 is 1.95 bits per heavy atom. The molecule has 2 N–H and O–H groups in total. The van der Waals surface area contributed by atoms with Crippen LogP contribution in [0.2, 0.25) is 0 Å². The fourth-order valence-corrected chi connectivity index (χ4v) is 2.99. The molecule has 0 heterocycles. The molecule has 0 aromatic carbocycles. The summed E-state index contributed by atoms with van der Waals surface area (Å²) in [7, 11) is 1.79. The molecule has 0 radical (unpaired) electrons. The molecule has 5 heteroatoms. The zero-order valence-corrected chi connectivity index (χ0v) is 14.9. The highest BCUT2D eigenvalue weighted by atomic mass is 16.6. The predicted molar refractivity (Wildman–Crippen MR) is 89.1 cm³/mol. The number of methoxy groups -OCH3 is 1. The minimum absolute atomic E-state index is 0.262. The van der Waals surface area contributed by atoms with E-state index in [1.165, 1.54) is 12.8 Å². The summed E-state index contributed by atoms with van der Waals surface area (Å²) < 4.78 is 10.9. The van der Waals surface area contributed by atoms with Gasteiger partial charge in [0.25, 0.3) is 0 Å². The van der Waals surface area contributed by atoms with Crippen LogP contribution in [0.3, 0.4) is 0 Å². The van der Waals surface area contributed by atoms with Gasteiger partial charge in [0.2, 0.25) is 0 Å². The Hall–Kier alpha value is -0.810. The minimum Gasteiger partial charge on any atom is -0.444 e. The Labute approximate surface area is 135 Å². The first-order valence-electron chi connectivity index (χ1n) is 8.61. The lowest BCUT2D eigenvalue weighted by atomic mass is 9.91. The molecule has 0 aromatic heterocycles. The molecule has 0 spiro atoms. The van der Waals surface area contributed by atoms with E-state index in [0.717, 1.165) is 25.7 Å². The van der Waals surface area contributed by atoms with Gasteiger partial charge in [-0.1, -0.05) is 26.2 Å². The summed E-state index contributed by atoms with van der Waals surface area (Å²) >= 11 is 0. The van der Waals surface area contributed by atoms with Crippen molar-refractivity contribution in [2.45, 2.75) is 90.0 Å².